The Bertz CT molecular complexity index is 259. The van der Waals surface area contributed by atoms with Crippen molar-refractivity contribution >= 4 is 5.91 Å². The van der Waals surface area contributed by atoms with Crippen LogP contribution in [0.3, 0.4) is 0 Å². The lowest BCUT2D eigenvalue weighted by Gasteiger charge is -2.25. The average Bonchev–Trinajstić information content (AvgIpc) is 2.77. The van der Waals surface area contributed by atoms with Crippen molar-refractivity contribution in [3.63, 3.8) is 0 Å². The van der Waals surface area contributed by atoms with E-state index >= 15 is 0 Å². The van der Waals surface area contributed by atoms with Crippen LogP contribution in [0.15, 0.2) is 0 Å². The highest BCUT2D eigenvalue weighted by Crippen LogP contribution is 2.30. The van der Waals surface area contributed by atoms with E-state index in [1.54, 1.807) is 0 Å². The molecule has 2 aliphatic carbocycles. The van der Waals surface area contributed by atoms with Gasteiger partial charge in [-0.1, -0.05) is 26.2 Å². The molecule has 3 heteroatoms. The Labute approximate surface area is 98.2 Å². The zero-order valence-corrected chi connectivity index (χ0v) is 10.3. The first-order chi connectivity index (χ1) is 7.59. The smallest absolute Gasteiger partial charge is 0.222 e. The van der Waals surface area contributed by atoms with Crippen LogP contribution in [0.1, 0.15) is 58.3 Å². The summed E-state index contributed by atoms with van der Waals surface area (Å²) in [5.74, 6) is 0.810. The van der Waals surface area contributed by atoms with Gasteiger partial charge in [0.2, 0.25) is 5.91 Å². The minimum atomic E-state index is -0.202. The predicted octanol–water partition coefficient (Wildman–Crippen LogP) is 1.95. The Balaban J connectivity index is 1.79. The van der Waals surface area contributed by atoms with Crippen molar-refractivity contribution < 1.29 is 4.79 Å². The van der Waals surface area contributed by atoms with E-state index in [1.807, 2.05) is 0 Å². The largest absolute Gasteiger partial charge is 0.353 e. The summed E-state index contributed by atoms with van der Waals surface area (Å²) in [6.07, 6.45) is 8.56. The number of nitrogens with one attached hydrogen (secondary N) is 1. The predicted molar refractivity (Wildman–Crippen MR) is 64.9 cm³/mol. The molecule has 1 amide bonds. The van der Waals surface area contributed by atoms with Crippen LogP contribution >= 0.6 is 0 Å². The molecule has 2 aliphatic rings. The lowest BCUT2D eigenvalue weighted by Crippen LogP contribution is -2.45. The average molecular weight is 224 g/mol. The lowest BCUT2D eigenvalue weighted by molar-refractivity contribution is -0.123. The quantitative estimate of drug-likeness (QED) is 0.770. The topological polar surface area (TPSA) is 55.1 Å². The Hall–Kier alpha value is -0.570. The first kappa shape index (κ1) is 11.9. The van der Waals surface area contributed by atoms with Crippen molar-refractivity contribution in [3.8, 4) is 0 Å². The highest BCUT2D eigenvalue weighted by Gasteiger charge is 2.33. The molecule has 92 valence electrons. The maximum absolute atomic E-state index is 11.9. The van der Waals surface area contributed by atoms with Gasteiger partial charge in [-0.15, -0.1) is 0 Å². The highest BCUT2D eigenvalue weighted by molar-refractivity contribution is 5.77. The van der Waals surface area contributed by atoms with Gasteiger partial charge in [0.25, 0.3) is 0 Å². The zero-order chi connectivity index (χ0) is 11.6. The molecular weight excluding hydrogens is 200 g/mol. The number of amides is 1. The molecule has 2 rings (SSSR count). The van der Waals surface area contributed by atoms with Gasteiger partial charge in [-0.05, 0) is 31.6 Å². The second kappa shape index (κ2) is 4.74. The number of rotatable bonds is 3. The Morgan fingerprint density at radius 1 is 1.31 bits per heavy atom. The van der Waals surface area contributed by atoms with E-state index in [9.17, 15) is 4.79 Å². The third kappa shape index (κ3) is 2.76. The van der Waals surface area contributed by atoms with Gasteiger partial charge in [0.15, 0.2) is 0 Å². The summed E-state index contributed by atoms with van der Waals surface area (Å²) in [5, 5.41) is 3.16. The van der Waals surface area contributed by atoms with E-state index in [1.165, 1.54) is 25.7 Å². The van der Waals surface area contributed by atoms with E-state index < -0.39 is 0 Å². The van der Waals surface area contributed by atoms with Gasteiger partial charge in [-0.2, -0.15) is 0 Å². The first-order valence-electron chi connectivity index (χ1n) is 6.67. The van der Waals surface area contributed by atoms with Crippen molar-refractivity contribution in [2.24, 2.45) is 11.7 Å². The zero-order valence-electron chi connectivity index (χ0n) is 10.3. The van der Waals surface area contributed by atoms with Gasteiger partial charge in [-0.3, -0.25) is 4.79 Å². The Morgan fingerprint density at radius 3 is 2.56 bits per heavy atom. The third-order valence-corrected chi connectivity index (χ3v) is 4.32. The van der Waals surface area contributed by atoms with Crippen LogP contribution < -0.4 is 11.1 Å². The molecule has 2 unspecified atom stereocenters. The molecular formula is C13H24N2O. The van der Waals surface area contributed by atoms with Crippen molar-refractivity contribution in [1.82, 2.24) is 5.32 Å². The van der Waals surface area contributed by atoms with Crippen molar-refractivity contribution in [3.05, 3.63) is 0 Å². The second-order valence-electron chi connectivity index (χ2n) is 5.83. The Morgan fingerprint density at radius 2 is 2.00 bits per heavy atom. The number of carbonyl (C=O) groups excluding carboxylic acids is 1. The fourth-order valence-corrected chi connectivity index (χ4v) is 3.19. The van der Waals surface area contributed by atoms with E-state index in [2.05, 4.69) is 12.2 Å². The van der Waals surface area contributed by atoms with Gasteiger partial charge in [-0.25, -0.2) is 0 Å². The third-order valence-electron chi connectivity index (χ3n) is 4.32. The highest BCUT2D eigenvalue weighted by atomic mass is 16.1. The number of hydrogen-bond donors (Lipinski definition) is 2. The minimum absolute atomic E-state index is 0.170. The van der Waals surface area contributed by atoms with E-state index in [0.717, 1.165) is 19.3 Å². The molecule has 0 saturated heterocycles. The maximum atomic E-state index is 11.9. The fourth-order valence-electron chi connectivity index (χ4n) is 3.19. The first-order valence-corrected chi connectivity index (χ1v) is 6.67. The molecule has 16 heavy (non-hydrogen) atoms. The molecule has 0 aromatic rings. The maximum Gasteiger partial charge on any atom is 0.222 e. The minimum Gasteiger partial charge on any atom is -0.353 e. The molecule has 3 nitrogen and oxygen atoms in total. The van der Waals surface area contributed by atoms with Gasteiger partial charge in [0, 0.05) is 18.0 Å². The Kier molecular flexibility index (Phi) is 3.53. The molecule has 0 aromatic heterocycles. The molecule has 2 saturated carbocycles. The van der Waals surface area contributed by atoms with E-state index in [0.29, 0.717) is 18.4 Å². The molecule has 2 fully saturated rings. The number of hydrogen-bond acceptors (Lipinski definition) is 2. The standard InChI is InChI=1S/C13H24N2O/c1-10-5-4-6-11(10)15-12(16)9-13(14)7-2-3-8-13/h10-11H,2-9,14H2,1H3,(H,15,16). The van der Waals surface area contributed by atoms with Crippen LogP contribution in [0.2, 0.25) is 0 Å². The molecule has 0 radical (unpaired) electrons. The number of nitrogens with two attached hydrogens (primary N) is 1. The van der Waals surface area contributed by atoms with Crippen LogP contribution in [-0.2, 0) is 4.79 Å². The van der Waals surface area contributed by atoms with E-state index in [-0.39, 0.29) is 11.4 Å². The van der Waals surface area contributed by atoms with Crippen molar-refractivity contribution in [1.29, 1.82) is 0 Å². The van der Waals surface area contributed by atoms with Crippen LogP contribution in [0.25, 0.3) is 0 Å². The van der Waals surface area contributed by atoms with E-state index in [4.69, 9.17) is 5.73 Å². The van der Waals surface area contributed by atoms with Crippen LogP contribution in [-0.4, -0.2) is 17.5 Å². The molecule has 0 heterocycles. The molecule has 3 N–H and O–H groups in total. The molecule has 0 aromatic carbocycles. The summed E-state index contributed by atoms with van der Waals surface area (Å²) in [6.45, 7) is 2.23. The lowest BCUT2D eigenvalue weighted by atomic mass is 9.94. The van der Waals surface area contributed by atoms with Gasteiger partial charge >= 0.3 is 0 Å². The summed E-state index contributed by atoms with van der Waals surface area (Å²) in [4.78, 5) is 11.9. The van der Waals surface area contributed by atoms with Gasteiger partial charge in [0.05, 0.1) is 0 Å². The van der Waals surface area contributed by atoms with Crippen molar-refractivity contribution in [2.45, 2.75) is 69.9 Å². The summed E-state index contributed by atoms with van der Waals surface area (Å²) in [5.41, 5.74) is 6.01. The monoisotopic (exact) mass is 224 g/mol. The molecule has 0 spiro atoms. The summed E-state index contributed by atoms with van der Waals surface area (Å²) >= 11 is 0. The van der Waals surface area contributed by atoms with Crippen molar-refractivity contribution in [2.75, 3.05) is 0 Å². The molecule has 2 atom stereocenters. The van der Waals surface area contributed by atoms with Gasteiger partial charge in [0.1, 0.15) is 0 Å². The molecule has 0 bridgehead atoms. The SMILES string of the molecule is CC1CCCC1NC(=O)CC1(N)CCCC1. The van der Waals surface area contributed by atoms with Crippen LogP contribution in [0, 0.1) is 5.92 Å². The second-order valence-corrected chi connectivity index (χ2v) is 5.83. The van der Waals surface area contributed by atoms with Gasteiger partial charge < -0.3 is 11.1 Å². The number of carbonyl (C=O) groups is 1. The van der Waals surface area contributed by atoms with Crippen LogP contribution in [0.5, 0.6) is 0 Å². The fraction of sp³-hybridized carbons (Fsp3) is 0.923. The summed E-state index contributed by atoms with van der Waals surface area (Å²) < 4.78 is 0. The van der Waals surface area contributed by atoms with Crippen LogP contribution in [0.4, 0.5) is 0 Å². The normalized spacial score (nSPS) is 32.9. The summed E-state index contributed by atoms with van der Waals surface area (Å²) in [6, 6.07) is 0.400. The molecule has 0 aliphatic heterocycles. The summed E-state index contributed by atoms with van der Waals surface area (Å²) in [7, 11) is 0.